The first-order chi connectivity index (χ1) is 11.6. The SMILES string of the molecule is CC(C)c1oc(C2CCCN2C(=O)CCN)nc1-c1ccccc1.Cl. The fraction of sp³-hybridized carbons (Fsp3) is 0.474. The molecule has 5 nitrogen and oxygen atoms in total. The van der Waals surface area contributed by atoms with Crippen molar-refractivity contribution in [1.82, 2.24) is 9.88 Å². The highest BCUT2D eigenvalue weighted by molar-refractivity contribution is 5.85. The minimum atomic E-state index is -0.0704. The molecule has 1 aromatic carbocycles. The molecule has 3 rings (SSSR count). The first-order valence-electron chi connectivity index (χ1n) is 8.67. The number of rotatable bonds is 5. The predicted molar refractivity (Wildman–Crippen MR) is 101 cm³/mol. The zero-order chi connectivity index (χ0) is 17.1. The van der Waals surface area contributed by atoms with Gasteiger partial charge in [0.1, 0.15) is 17.5 Å². The standard InChI is InChI=1S/C19H25N3O2.ClH/c1-13(2)18-17(14-7-4-3-5-8-14)21-19(24-18)15-9-6-12-22(15)16(23)10-11-20;/h3-5,7-8,13,15H,6,9-12,20H2,1-2H3;1H. The van der Waals surface area contributed by atoms with Gasteiger partial charge < -0.3 is 15.1 Å². The molecule has 2 heterocycles. The van der Waals surface area contributed by atoms with E-state index in [9.17, 15) is 4.79 Å². The van der Waals surface area contributed by atoms with Gasteiger partial charge >= 0.3 is 0 Å². The number of likely N-dealkylation sites (tertiary alicyclic amines) is 1. The molecule has 25 heavy (non-hydrogen) atoms. The Bertz CT molecular complexity index is 700. The molecule has 1 aliphatic rings. The lowest BCUT2D eigenvalue weighted by Crippen LogP contribution is -2.32. The van der Waals surface area contributed by atoms with E-state index in [-0.39, 0.29) is 30.3 Å². The van der Waals surface area contributed by atoms with Crippen LogP contribution in [0.5, 0.6) is 0 Å². The van der Waals surface area contributed by atoms with Gasteiger partial charge in [0.2, 0.25) is 11.8 Å². The number of nitrogens with zero attached hydrogens (tertiary/aromatic N) is 2. The monoisotopic (exact) mass is 363 g/mol. The van der Waals surface area contributed by atoms with Crippen LogP contribution in [0.15, 0.2) is 34.7 Å². The van der Waals surface area contributed by atoms with Gasteiger partial charge in [0.25, 0.3) is 0 Å². The summed E-state index contributed by atoms with van der Waals surface area (Å²) in [6, 6.07) is 10.0. The molecule has 1 amide bonds. The molecule has 2 N–H and O–H groups in total. The maximum absolute atomic E-state index is 12.3. The lowest BCUT2D eigenvalue weighted by Gasteiger charge is -2.22. The third-order valence-electron chi connectivity index (χ3n) is 4.46. The molecule has 1 fully saturated rings. The number of oxazole rings is 1. The maximum atomic E-state index is 12.3. The van der Waals surface area contributed by atoms with E-state index in [0.717, 1.165) is 36.4 Å². The molecule has 1 unspecified atom stereocenters. The van der Waals surface area contributed by atoms with E-state index in [1.807, 2.05) is 35.2 Å². The number of hydrogen-bond acceptors (Lipinski definition) is 4. The number of hydrogen-bond donors (Lipinski definition) is 1. The molecule has 6 heteroatoms. The quantitative estimate of drug-likeness (QED) is 0.874. The summed E-state index contributed by atoms with van der Waals surface area (Å²) >= 11 is 0. The first-order valence-corrected chi connectivity index (χ1v) is 8.67. The number of nitrogens with two attached hydrogens (primary N) is 1. The molecule has 1 aromatic heterocycles. The lowest BCUT2D eigenvalue weighted by atomic mass is 10.0. The Morgan fingerprint density at radius 3 is 2.72 bits per heavy atom. The molecule has 0 saturated carbocycles. The van der Waals surface area contributed by atoms with E-state index in [4.69, 9.17) is 15.1 Å². The van der Waals surface area contributed by atoms with E-state index in [0.29, 0.717) is 18.9 Å². The molecular weight excluding hydrogens is 338 g/mol. The molecule has 136 valence electrons. The number of carbonyl (C=O) groups excluding carboxylic acids is 1. The first kappa shape index (κ1) is 19.5. The molecule has 1 atom stereocenters. The van der Waals surface area contributed by atoms with Gasteiger partial charge in [0, 0.05) is 31.0 Å². The second-order valence-corrected chi connectivity index (χ2v) is 6.57. The molecule has 2 aromatic rings. The molecule has 1 saturated heterocycles. The van der Waals surface area contributed by atoms with Crippen LogP contribution in [0, 0.1) is 0 Å². The van der Waals surface area contributed by atoms with Gasteiger partial charge in [-0.15, -0.1) is 12.4 Å². The highest BCUT2D eigenvalue weighted by Crippen LogP contribution is 2.37. The number of halogens is 1. The summed E-state index contributed by atoms with van der Waals surface area (Å²) in [5.41, 5.74) is 7.48. The predicted octanol–water partition coefficient (Wildman–Crippen LogP) is 3.90. The van der Waals surface area contributed by atoms with E-state index < -0.39 is 0 Å². The minimum absolute atomic E-state index is 0. The number of carbonyl (C=O) groups is 1. The van der Waals surface area contributed by atoms with Gasteiger partial charge in [-0.3, -0.25) is 4.79 Å². The summed E-state index contributed by atoms with van der Waals surface area (Å²) in [7, 11) is 0. The molecule has 0 aliphatic carbocycles. The molecule has 0 spiro atoms. The van der Waals surface area contributed by atoms with Gasteiger partial charge in [-0.25, -0.2) is 4.98 Å². The average Bonchev–Trinajstić information content (AvgIpc) is 3.22. The zero-order valence-electron chi connectivity index (χ0n) is 14.8. The Morgan fingerprint density at radius 2 is 2.08 bits per heavy atom. The Hall–Kier alpha value is -1.85. The lowest BCUT2D eigenvalue weighted by molar-refractivity contribution is -0.132. The zero-order valence-corrected chi connectivity index (χ0v) is 15.6. The van der Waals surface area contributed by atoms with Crippen LogP contribution in [0.3, 0.4) is 0 Å². The van der Waals surface area contributed by atoms with Crippen LogP contribution in [0.1, 0.15) is 56.7 Å². The van der Waals surface area contributed by atoms with Crippen molar-refractivity contribution in [2.45, 2.75) is 45.1 Å². The van der Waals surface area contributed by atoms with Crippen LogP contribution in [0.4, 0.5) is 0 Å². The van der Waals surface area contributed by atoms with Gasteiger partial charge in [0.05, 0.1) is 0 Å². The number of aromatic nitrogens is 1. The Labute approximate surface area is 155 Å². The summed E-state index contributed by atoms with van der Waals surface area (Å²) in [4.78, 5) is 19.0. The largest absolute Gasteiger partial charge is 0.442 e. The van der Waals surface area contributed by atoms with Crippen molar-refractivity contribution in [2.24, 2.45) is 5.73 Å². The van der Waals surface area contributed by atoms with Crippen LogP contribution < -0.4 is 5.73 Å². The van der Waals surface area contributed by atoms with E-state index in [1.54, 1.807) is 0 Å². The van der Waals surface area contributed by atoms with Crippen molar-refractivity contribution in [3.8, 4) is 11.3 Å². The fourth-order valence-corrected chi connectivity index (χ4v) is 3.27. The van der Waals surface area contributed by atoms with Crippen LogP contribution in [-0.4, -0.2) is 28.9 Å². The van der Waals surface area contributed by atoms with Crippen LogP contribution in [0.2, 0.25) is 0 Å². The maximum Gasteiger partial charge on any atom is 0.224 e. The molecular formula is C19H26ClN3O2. The fourth-order valence-electron chi connectivity index (χ4n) is 3.27. The Morgan fingerprint density at radius 1 is 1.36 bits per heavy atom. The number of benzene rings is 1. The van der Waals surface area contributed by atoms with Crippen molar-refractivity contribution >= 4 is 18.3 Å². The molecule has 1 aliphatic heterocycles. The average molecular weight is 364 g/mol. The summed E-state index contributed by atoms with van der Waals surface area (Å²) < 4.78 is 6.14. The van der Waals surface area contributed by atoms with Crippen LogP contribution in [-0.2, 0) is 4.79 Å². The van der Waals surface area contributed by atoms with Crippen molar-refractivity contribution < 1.29 is 9.21 Å². The van der Waals surface area contributed by atoms with Gasteiger partial charge in [-0.1, -0.05) is 44.2 Å². The third kappa shape index (κ3) is 4.05. The van der Waals surface area contributed by atoms with Gasteiger partial charge in [0.15, 0.2) is 0 Å². The molecule has 0 radical (unpaired) electrons. The highest BCUT2D eigenvalue weighted by Gasteiger charge is 2.34. The third-order valence-corrected chi connectivity index (χ3v) is 4.46. The summed E-state index contributed by atoms with van der Waals surface area (Å²) in [6.45, 7) is 5.33. The normalized spacial score (nSPS) is 17.0. The van der Waals surface area contributed by atoms with Crippen LogP contribution >= 0.6 is 12.4 Å². The Balaban J connectivity index is 0.00000225. The van der Waals surface area contributed by atoms with E-state index in [2.05, 4.69) is 13.8 Å². The summed E-state index contributed by atoms with van der Waals surface area (Å²) in [5, 5.41) is 0. The van der Waals surface area contributed by atoms with Crippen LogP contribution in [0.25, 0.3) is 11.3 Å². The van der Waals surface area contributed by atoms with Crippen molar-refractivity contribution in [3.05, 3.63) is 42.0 Å². The van der Waals surface area contributed by atoms with E-state index in [1.165, 1.54) is 0 Å². The van der Waals surface area contributed by atoms with Crippen molar-refractivity contribution in [3.63, 3.8) is 0 Å². The molecule has 0 bridgehead atoms. The topological polar surface area (TPSA) is 72.4 Å². The van der Waals surface area contributed by atoms with Crippen molar-refractivity contribution in [2.75, 3.05) is 13.1 Å². The van der Waals surface area contributed by atoms with Gasteiger partial charge in [-0.2, -0.15) is 0 Å². The summed E-state index contributed by atoms with van der Waals surface area (Å²) in [5.74, 6) is 1.86. The Kier molecular flexibility index (Phi) is 6.62. The van der Waals surface area contributed by atoms with Crippen molar-refractivity contribution in [1.29, 1.82) is 0 Å². The second-order valence-electron chi connectivity index (χ2n) is 6.57. The smallest absolute Gasteiger partial charge is 0.224 e. The highest BCUT2D eigenvalue weighted by atomic mass is 35.5. The summed E-state index contributed by atoms with van der Waals surface area (Å²) in [6.07, 6.45) is 2.24. The second kappa shape index (κ2) is 8.50. The van der Waals surface area contributed by atoms with Gasteiger partial charge in [-0.05, 0) is 12.8 Å². The minimum Gasteiger partial charge on any atom is -0.442 e. The van der Waals surface area contributed by atoms with E-state index >= 15 is 0 Å². The number of amides is 1.